The van der Waals surface area contributed by atoms with Crippen LogP contribution in [0, 0.1) is 10.8 Å². The molecule has 9 heteroatoms. The lowest BCUT2D eigenvalue weighted by atomic mass is 9.75. The first-order valence-electron chi connectivity index (χ1n) is 9.98. The Morgan fingerprint density at radius 3 is 1.58 bits per heavy atom. The predicted molar refractivity (Wildman–Crippen MR) is 109 cm³/mol. The van der Waals surface area contributed by atoms with E-state index in [1.807, 2.05) is 0 Å². The van der Waals surface area contributed by atoms with Crippen molar-refractivity contribution in [1.29, 1.82) is 0 Å². The first-order chi connectivity index (χ1) is 13.6. The number of halogens is 6. The molecule has 0 saturated carbocycles. The molecule has 0 saturated heterocycles. The van der Waals surface area contributed by atoms with Crippen molar-refractivity contribution in [3.8, 4) is 0 Å². The minimum absolute atomic E-state index is 0.0542. The van der Waals surface area contributed by atoms with Crippen LogP contribution >= 0.6 is 0 Å². The Labute approximate surface area is 179 Å². The third-order valence-corrected chi connectivity index (χ3v) is 6.38. The normalized spacial score (nSPS) is 16.2. The second-order valence-corrected chi connectivity index (χ2v) is 10.0. The molecule has 0 aliphatic rings. The zero-order valence-corrected chi connectivity index (χ0v) is 19.0. The molecule has 1 N–H and O–H groups in total. The van der Waals surface area contributed by atoms with Crippen LogP contribution in [0.5, 0.6) is 0 Å². The van der Waals surface area contributed by atoms with Gasteiger partial charge in [0, 0.05) is 6.42 Å². The topological polar surface area (TPSA) is 37.3 Å². The number of rotatable bonds is 8. The highest BCUT2D eigenvalue weighted by atomic mass is 19.4. The van der Waals surface area contributed by atoms with E-state index in [1.165, 1.54) is 24.3 Å². The van der Waals surface area contributed by atoms with E-state index < -0.39 is 47.7 Å². The average Bonchev–Trinajstić information content (AvgIpc) is 2.56. The Morgan fingerprint density at radius 1 is 0.839 bits per heavy atom. The zero-order valence-electron chi connectivity index (χ0n) is 19.0. The van der Waals surface area contributed by atoms with E-state index in [9.17, 15) is 31.1 Å². The van der Waals surface area contributed by atoms with Crippen LogP contribution in [0.25, 0.3) is 0 Å². The van der Waals surface area contributed by atoms with Crippen LogP contribution in [-0.4, -0.2) is 42.1 Å². The summed E-state index contributed by atoms with van der Waals surface area (Å²) in [5, 5.41) is 9.15. The molecule has 1 aromatic rings. The average molecular weight is 456 g/mol. The van der Waals surface area contributed by atoms with Crippen molar-refractivity contribution in [2.75, 3.05) is 13.1 Å². The van der Waals surface area contributed by atoms with Crippen molar-refractivity contribution in [1.82, 2.24) is 4.48 Å². The number of hydrogen-bond donors (Lipinski definition) is 1. The summed E-state index contributed by atoms with van der Waals surface area (Å²) < 4.78 is 82.1. The van der Waals surface area contributed by atoms with E-state index in [4.69, 9.17) is 5.11 Å². The molecule has 0 spiro atoms. The fourth-order valence-electron chi connectivity index (χ4n) is 4.36. The Kier molecular flexibility index (Phi) is 7.30. The number of hydrogen-bond acceptors (Lipinski definition) is 1. The Morgan fingerprint density at radius 2 is 1.26 bits per heavy atom. The van der Waals surface area contributed by atoms with E-state index in [0.717, 1.165) is 27.7 Å². The number of carbonyl (C=O) groups is 1. The van der Waals surface area contributed by atoms with E-state index in [1.54, 1.807) is 20.8 Å². The summed E-state index contributed by atoms with van der Waals surface area (Å²) in [7, 11) is 0. The first-order valence-corrected chi connectivity index (χ1v) is 9.98. The summed E-state index contributed by atoms with van der Waals surface area (Å²) in [6.45, 7) is 8.47. The van der Waals surface area contributed by atoms with Gasteiger partial charge in [0.05, 0.1) is 29.6 Å². The van der Waals surface area contributed by atoms with Crippen LogP contribution in [0.2, 0.25) is 0 Å². The highest BCUT2D eigenvalue weighted by Crippen LogP contribution is 2.50. The van der Waals surface area contributed by atoms with Crippen molar-refractivity contribution < 1.29 is 36.2 Å². The fraction of sp³-hybridized carbons (Fsp3) is 0.682. The minimum atomic E-state index is -4.58. The number of carboxylic acid groups (broad SMARTS) is 1. The fourth-order valence-corrected chi connectivity index (χ4v) is 4.36. The first kappa shape index (κ1) is 27.3. The van der Waals surface area contributed by atoms with E-state index >= 15 is 0 Å². The number of alkyl halides is 6. The molecule has 0 radical (unpaired) electrons. The highest BCUT2D eigenvalue weighted by Gasteiger charge is 2.60. The molecule has 0 fully saturated rings. The molecule has 0 aromatic heterocycles. The molecule has 0 heterocycles. The Hall–Kier alpha value is -1.77. The van der Waals surface area contributed by atoms with Gasteiger partial charge in [0.15, 0.2) is 0 Å². The summed E-state index contributed by atoms with van der Waals surface area (Å²) in [4.78, 5) is 11.2. The van der Waals surface area contributed by atoms with Crippen molar-refractivity contribution in [3.63, 3.8) is 0 Å². The molecular weight excluding hydrogens is 424 g/mol. The molecule has 1 unspecified atom stereocenters. The molecule has 0 aliphatic carbocycles. The predicted octanol–water partition coefficient (Wildman–Crippen LogP) is 7.06. The number of nitrogens with zero attached hydrogens (tertiary/aromatic N) is 1. The molecule has 31 heavy (non-hydrogen) atoms. The van der Waals surface area contributed by atoms with Crippen LogP contribution in [0.4, 0.5) is 32.0 Å². The summed E-state index contributed by atoms with van der Waals surface area (Å²) in [5.74, 6) is -1.20. The van der Waals surface area contributed by atoms with Crippen LogP contribution in [-0.2, 0) is 0 Å². The Bertz CT molecular complexity index is 779. The third-order valence-electron chi connectivity index (χ3n) is 6.38. The van der Waals surface area contributed by atoms with Crippen molar-refractivity contribution >= 4 is 11.7 Å². The van der Waals surface area contributed by atoms with Gasteiger partial charge >= 0.3 is 18.3 Å². The second-order valence-electron chi connectivity index (χ2n) is 10.0. The SMILES string of the molecule is CC[N+](CC(C)(C)C(F)(F)F)(c1ccc(C(=O)O)cc1)C(C)(C)CC(C)(C)C(F)(F)F. The van der Waals surface area contributed by atoms with Gasteiger partial charge in [-0.25, -0.2) is 4.79 Å². The van der Waals surface area contributed by atoms with Gasteiger partial charge < -0.3 is 5.11 Å². The van der Waals surface area contributed by atoms with Crippen molar-refractivity contribution in [2.24, 2.45) is 10.8 Å². The summed E-state index contributed by atoms with van der Waals surface area (Å²) in [6, 6.07) is 5.35. The molecule has 3 nitrogen and oxygen atoms in total. The van der Waals surface area contributed by atoms with Gasteiger partial charge in [0.25, 0.3) is 0 Å². The number of aromatic carboxylic acids is 1. The van der Waals surface area contributed by atoms with Crippen LogP contribution in [0.1, 0.15) is 65.2 Å². The van der Waals surface area contributed by atoms with Gasteiger partial charge in [-0.05, 0) is 58.9 Å². The molecule has 1 rings (SSSR count). The summed E-state index contributed by atoms with van der Waals surface area (Å²) >= 11 is 0. The number of carboxylic acids is 1. The van der Waals surface area contributed by atoms with E-state index in [2.05, 4.69) is 0 Å². The number of benzene rings is 1. The van der Waals surface area contributed by atoms with Crippen LogP contribution in [0.15, 0.2) is 24.3 Å². The summed E-state index contributed by atoms with van der Waals surface area (Å²) in [5.41, 5.74) is -5.32. The maximum absolute atomic E-state index is 13.8. The van der Waals surface area contributed by atoms with Gasteiger partial charge in [-0.3, -0.25) is 4.48 Å². The van der Waals surface area contributed by atoms with Gasteiger partial charge in [0.1, 0.15) is 11.1 Å². The Balaban J connectivity index is 3.74. The summed E-state index contributed by atoms with van der Waals surface area (Å²) in [6.07, 6.45) is -9.55. The lowest BCUT2D eigenvalue weighted by Crippen LogP contribution is -2.68. The lowest BCUT2D eigenvalue weighted by Gasteiger charge is -2.54. The second kappa shape index (κ2) is 8.30. The molecular formula is C22H32F6NO2+. The van der Waals surface area contributed by atoms with Crippen LogP contribution in [0.3, 0.4) is 0 Å². The molecule has 178 valence electrons. The lowest BCUT2D eigenvalue weighted by molar-refractivity contribution is -0.231. The number of quaternary nitrogens is 1. The van der Waals surface area contributed by atoms with Gasteiger partial charge in [-0.2, -0.15) is 26.3 Å². The van der Waals surface area contributed by atoms with Crippen molar-refractivity contribution in [2.45, 2.75) is 72.8 Å². The van der Waals surface area contributed by atoms with Gasteiger partial charge in [0.2, 0.25) is 0 Å². The molecule has 0 aliphatic heterocycles. The quantitative estimate of drug-likeness (QED) is 0.336. The zero-order chi connectivity index (χ0) is 24.7. The molecule has 0 amide bonds. The standard InChI is InChI=1S/C22H31F6NO2/c1-8-29(14-19(4,5)22(26,27)28,16-11-9-15(10-12-16)17(30)31)20(6,7)13-18(2,3)21(23,24)25/h9-12H,8,13-14H2,1-7H3/p+1. The maximum Gasteiger partial charge on any atom is 0.399 e. The van der Waals surface area contributed by atoms with Gasteiger partial charge in [-0.15, -0.1) is 0 Å². The largest absolute Gasteiger partial charge is 0.478 e. The van der Waals surface area contributed by atoms with Gasteiger partial charge in [-0.1, -0.05) is 13.8 Å². The van der Waals surface area contributed by atoms with Crippen molar-refractivity contribution in [3.05, 3.63) is 29.8 Å². The smallest absolute Gasteiger partial charge is 0.399 e. The van der Waals surface area contributed by atoms with Crippen LogP contribution < -0.4 is 4.48 Å². The van der Waals surface area contributed by atoms with E-state index in [0.29, 0.717) is 5.69 Å². The third kappa shape index (κ3) is 5.35. The maximum atomic E-state index is 13.8. The monoisotopic (exact) mass is 456 g/mol. The molecule has 0 bridgehead atoms. The molecule has 1 atom stereocenters. The molecule has 1 aromatic carbocycles. The van der Waals surface area contributed by atoms with E-state index in [-0.39, 0.29) is 16.6 Å². The minimum Gasteiger partial charge on any atom is -0.478 e. The highest BCUT2D eigenvalue weighted by molar-refractivity contribution is 5.88.